The molecule has 0 spiro atoms. The third kappa shape index (κ3) is 4.23. The Balaban J connectivity index is 1.42. The average molecular weight is 556 g/mol. The first-order valence-electron chi connectivity index (χ1n) is 14.3. The molecule has 0 unspecified atom stereocenters. The van der Waals surface area contributed by atoms with E-state index < -0.39 is 0 Å². The van der Waals surface area contributed by atoms with Crippen molar-refractivity contribution in [2.75, 3.05) is 9.80 Å². The summed E-state index contributed by atoms with van der Waals surface area (Å²) in [7, 11) is 0. The third-order valence-corrected chi connectivity index (χ3v) is 8.03. The number of halogens is 1. The van der Waals surface area contributed by atoms with E-state index in [1.54, 1.807) is 12.1 Å². The summed E-state index contributed by atoms with van der Waals surface area (Å²) in [5.41, 5.74) is 11.1. The van der Waals surface area contributed by atoms with E-state index in [1.807, 2.05) is 12.1 Å². The molecule has 0 amide bonds. The minimum atomic E-state index is -0.266. The molecule has 0 saturated carbocycles. The van der Waals surface area contributed by atoms with Crippen LogP contribution >= 0.6 is 0 Å². The summed E-state index contributed by atoms with van der Waals surface area (Å²) in [6.45, 7) is 0. The quantitative estimate of drug-likeness (QED) is 0.215. The van der Waals surface area contributed by atoms with Gasteiger partial charge < -0.3 is 9.80 Å². The van der Waals surface area contributed by atoms with Gasteiger partial charge in [-0.2, -0.15) is 0 Å². The van der Waals surface area contributed by atoms with E-state index in [-0.39, 0.29) is 5.82 Å². The highest BCUT2D eigenvalue weighted by Crippen LogP contribution is 2.55. The van der Waals surface area contributed by atoms with Crippen LogP contribution in [0, 0.1) is 5.82 Å². The second kappa shape index (κ2) is 10.3. The van der Waals surface area contributed by atoms with Crippen molar-refractivity contribution in [1.82, 2.24) is 4.98 Å². The number of hydrogen-bond donors (Lipinski definition) is 0. The molecule has 0 saturated heterocycles. The van der Waals surface area contributed by atoms with Crippen molar-refractivity contribution in [3.63, 3.8) is 0 Å². The van der Waals surface area contributed by atoms with Gasteiger partial charge in [0.05, 0.1) is 39.6 Å². The van der Waals surface area contributed by atoms with Gasteiger partial charge in [0.25, 0.3) is 0 Å². The summed E-state index contributed by atoms with van der Waals surface area (Å²) in [5.74, 6) is -0.266. The van der Waals surface area contributed by atoms with Gasteiger partial charge in [-0.15, -0.1) is 0 Å². The molecule has 1 aliphatic heterocycles. The van der Waals surface area contributed by atoms with Crippen LogP contribution in [0.2, 0.25) is 0 Å². The number of rotatable bonds is 4. The zero-order valence-corrected chi connectivity index (χ0v) is 23.2. The molecule has 204 valence electrons. The molecule has 2 heterocycles. The van der Waals surface area contributed by atoms with Crippen molar-refractivity contribution in [2.24, 2.45) is 0 Å². The first-order valence-corrected chi connectivity index (χ1v) is 14.3. The van der Waals surface area contributed by atoms with E-state index in [1.165, 1.54) is 12.1 Å². The second-order valence-electron chi connectivity index (χ2n) is 10.6. The van der Waals surface area contributed by atoms with Gasteiger partial charge in [-0.3, -0.25) is 0 Å². The fourth-order valence-electron chi connectivity index (χ4n) is 6.10. The molecule has 0 fully saturated rings. The van der Waals surface area contributed by atoms with Gasteiger partial charge in [-0.1, -0.05) is 84.9 Å². The Morgan fingerprint density at radius 1 is 0.442 bits per heavy atom. The number of fused-ring (bicyclic) bond motifs is 3. The maximum atomic E-state index is 13.9. The summed E-state index contributed by atoms with van der Waals surface area (Å²) in [6.07, 6.45) is 0. The average Bonchev–Trinajstić information content (AvgIpc) is 3.07. The molecule has 1 aromatic heterocycles. The van der Waals surface area contributed by atoms with Crippen molar-refractivity contribution in [2.45, 2.75) is 0 Å². The van der Waals surface area contributed by atoms with Gasteiger partial charge in [0.2, 0.25) is 0 Å². The molecule has 4 heteroatoms. The van der Waals surface area contributed by atoms with Crippen LogP contribution in [0.1, 0.15) is 0 Å². The highest BCUT2D eigenvalue weighted by Gasteiger charge is 2.31. The molecule has 8 rings (SSSR count). The molecule has 6 aromatic carbocycles. The Bertz CT molecular complexity index is 2040. The Morgan fingerprint density at radius 2 is 0.977 bits per heavy atom. The monoisotopic (exact) mass is 555 g/mol. The lowest BCUT2D eigenvalue weighted by atomic mass is 9.97. The van der Waals surface area contributed by atoms with Gasteiger partial charge in [0.15, 0.2) is 0 Å². The number of nitrogens with zero attached hydrogens (tertiary/aromatic N) is 3. The van der Waals surface area contributed by atoms with Crippen molar-refractivity contribution in [3.8, 4) is 22.4 Å². The number of pyridine rings is 1. The summed E-state index contributed by atoms with van der Waals surface area (Å²) in [5, 5.41) is 1.05. The van der Waals surface area contributed by atoms with E-state index in [2.05, 4.69) is 131 Å². The van der Waals surface area contributed by atoms with E-state index in [9.17, 15) is 4.39 Å². The molecular formula is C39H26FN3. The van der Waals surface area contributed by atoms with Crippen molar-refractivity contribution < 1.29 is 4.39 Å². The molecule has 0 atom stereocenters. The van der Waals surface area contributed by atoms with E-state index in [0.29, 0.717) is 0 Å². The lowest BCUT2D eigenvalue weighted by Gasteiger charge is -2.40. The summed E-state index contributed by atoms with van der Waals surface area (Å²) in [4.78, 5) is 9.92. The molecule has 0 radical (unpaired) electrons. The molecule has 7 aromatic rings. The molecule has 0 aliphatic carbocycles. The molecule has 3 nitrogen and oxygen atoms in total. The Kier molecular flexibility index (Phi) is 5.97. The van der Waals surface area contributed by atoms with Crippen molar-refractivity contribution in [1.29, 1.82) is 0 Å². The summed E-state index contributed by atoms with van der Waals surface area (Å²) >= 11 is 0. The van der Waals surface area contributed by atoms with Crippen molar-refractivity contribution in [3.05, 3.63) is 164 Å². The third-order valence-electron chi connectivity index (χ3n) is 8.03. The van der Waals surface area contributed by atoms with E-state index in [4.69, 9.17) is 4.98 Å². The van der Waals surface area contributed by atoms with Gasteiger partial charge >= 0.3 is 0 Å². The molecule has 0 bridgehead atoms. The van der Waals surface area contributed by atoms with Crippen LogP contribution in [-0.2, 0) is 0 Å². The van der Waals surface area contributed by atoms with E-state index in [0.717, 1.165) is 67.4 Å². The second-order valence-corrected chi connectivity index (χ2v) is 10.6. The fourth-order valence-corrected chi connectivity index (χ4v) is 6.10. The summed E-state index contributed by atoms with van der Waals surface area (Å²) in [6, 6.07) is 53.0. The van der Waals surface area contributed by atoms with E-state index >= 15 is 0 Å². The first kappa shape index (κ1) is 25.0. The highest BCUT2D eigenvalue weighted by atomic mass is 19.1. The first-order chi connectivity index (χ1) is 21.3. The van der Waals surface area contributed by atoms with Gasteiger partial charge in [-0.05, 0) is 83.9 Å². The maximum Gasteiger partial charge on any atom is 0.123 e. The topological polar surface area (TPSA) is 19.4 Å². The van der Waals surface area contributed by atoms with Crippen LogP contribution in [0.25, 0.3) is 33.3 Å². The molecule has 1 aliphatic rings. The largest absolute Gasteiger partial charge is 0.306 e. The Morgan fingerprint density at radius 3 is 1.60 bits per heavy atom. The van der Waals surface area contributed by atoms with Crippen LogP contribution in [0.3, 0.4) is 0 Å². The summed E-state index contributed by atoms with van der Waals surface area (Å²) < 4.78 is 13.9. The van der Waals surface area contributed by atoms with Gasteiger partial charge in [0.1, 0.15) is 5.82 Å². The number of hydrogen-bond acceptors (Lipinski definition) is 3. The van der Waals surface area contributed by atoms with Crippen LogP contribution in [0.5, 0.6) is 0 Å². The zero-order chi connectivity index (χ0) is 28.8. The maximum absolute atomic E-state index is 13.9. The molecule has 0 N–H and O–H groups in total. The van der Waals surface area contributed by atoms with Crippen LogP contribution in [-0.4, -0.2) is 4.98 Å². The SMILES string of the molecule is Fc1ccc(-c2cc(-c3ccccc3)c3cccc(N4c5ccccc5N(c5ccccc5)c5ccccc54)c3n2)cc1. The predicted molar refractivity (Wildman–Crippen MR) is 175 cm³/mol. The lowest BCUT2D eigenvalue weighted by molar-refractivity contribution is 0.628. The number of anilines is 6. The van der Waals surface area contributed by atoms with Crippen LogP contribution < -0.4 is 9.80 Å². The fraction of sp³-hybridized carbons (Fsp3) is 0. The Labute approximate surface area is 249 Å². The standard InChI is InChI=1S/C39H26FN3/c40-29-24-22-28(23-25-29)33-26-32(27-12-3-1-4-13-27)31-16-11-21-38(39(31)41-33)43-36-19-9-7-17-34(36)42(30-14-5-2-6-15-30)35-18-8-10-20-37(35)43/h1-26H. The normalized spacial score (nSPS) is 12.2. The van der Waals surface area contributed by atoms with Crippen LogP contribution in [0.4, 0.5) is 38.5 Å². The van der Waals surface area contributed by atoms with Gasteiger partial charge in [0, 0.05) is 16.6 Å². The number of aromatic nitrogens is 1. The smallest absolute Gasteiger partial charge is 0.123 e. The Hall–Kier alpha value is -5.74. The van der Waals surface area contributed by atoms with Gasteiger partial charge in [-0.25, -0.2) is 9.37 Å². The minimum absolute atomic E-state index is 0.266. The van der Waals surface area contributed by atoms with Crippen LogP contribution in [0.15, 0.2) is 158 Å². The lowest BCUT2D eigenvalue weighted by Crippen LogP contribution is -2.24. The predicted octanol–water partition coefficient (Wildman–Crippen LogP) is 11.0. The van der Waals surface area contributed by atoms with Crippen molar-refractivity contribution >= 4 is 45.0 Å². The minimum Gasteiger partial charge on any atom is -0.306 e. The zero-order valence-electron chi connectivity index (χ0n) is 23.2. The molecule has 43 heavy (non-hydrogen) atoms. The highest BCUT2D eigenvalue weighted by molar-refractivity contribution is 6.09. The number of para-hydroxylation sites is 6. The number of benzene rings is 6. The molecular weight excluding hydrogens is 529 g/mol.